The summed E-state index contributed by atoms with van der Waals surface area (Å²) in [5.74, 6) is 0.0422. The number of nitrogen functional groups attached to an aromatic ring is 1. The highest BCUT2D eigenvalue weighted by Crippen LogP contribution is 2.59. The molecule has 8 nitrogen and oxygen atoms in total. The number of carbonyl (C=O) groups excluding carboxylic acids is 1. The maximum Gasteiger partial charge on any atom is 0.351 e. The third-order valence-electron chi connectivity index (χ3n) is 7.39. The molecule has 2 N–H and O–H groups in total. The van der Waals surface area contributed by atoms with Gasteiger partial charge in [0.05, 0.1) is 12.0 Å². The number of carbonyl (C=O) groups is 1. The zero-order valence-corrected chi connectivity index (χ0v) is 17.8. The Bertz CT molecular complexity index is 799. The lowest BCUT2D eigenvalue weighted by Crippen LogP contribution is -2.47. The van der Waals surface area contributed by atoms with E-state index in [0.29, 0.717) is 5.41 Å². The average molecular weight is 420 g/mol. The molecule has 5 rings (SSSR count). The molecule has 1 aromatic heterocycles. The second kappa shape index (κ2) is 8.67. The molecule has 0 radical (unpaired) electrons. The third kappa shape index (κ3) is 4.25. The lowest BCUT2D eigenvalue weighted by molar-refractivity contribution is -0.179. The number of ether oxygens (including phenoxy) is 3. The van der Waals surface area contributed by atoms with Crippen molar-refractivity contribution in [1.82, 2.24) is 9.55 Å². The summed E-state index contributed by atoms with van der Waals surface area (Å²) in [6.07, 6.45) is 11.6. The number of unbranched alkanes of at least 4 members (excludes halogenated alkanes) is 2. The van der Waals surface area contributed by atoms with E-state index in [1.165, 1.54) is 42.5 Å². The monoisotopic (exact) mass is 419 g/mol. The molecule has 3 aliphatic carbocycles. The normalized spacial score (nSPS) is 33.0. The van der Waals surface area contributed by atoms with Gasteiger partial charge in [-0.15, -0.1) is 0 Å². The summed E-state index contributed by atoms with van der Waals surface area (Å²) in [6, 6.07) is 1.53. The van der Waals surface area contributed by atoms with Crippen LogP contribution in [0.15, 0.2) is 17.1 Å². The molecular formula is C22H33N3O5. The van der Waals surface area contributed by atoms with Gasteiger partial charge in [-0.25, -0.2) is 4.79 Å². The van der Waals surface area contributed by atoms with E-state index < -0.39 is 18.2 Å². The zero-order chi connectivity index (χ0) is 21.2. The Labute approximate surface area is 177 Å². The molecule has 4 aliphatic rings. The highest BCUT2D eigenvalue weighted by molar-refractivity contribution is 5.77. The first kappa shape index (κ1) is 21.3. The van der Waals surface area contributed by atoms with Crippen LogP contribution >= 0.6 is 0 Å². The number of hydrogen-bond acceptors (Lipinski definition) is 7. The Balaban J connectivity index is 1.26. The second-order valence-electron chi connectivity index (χ2n) is 9.23. The number of nitrogens with zero attached hydrogens (tertiary/aromatic N) is 2. The first-order chi connectivity index (χ1) is 14.5. The van der Waals surface area contributed by atoms with Crippen LogP contribution in [0.5, 0.6) is 0 Å². The predicted octanol–water partition coefficient (Wildman–Crippen LogP) is 3.16. The molecule has 1 aliphatic heterocycles. The summed E-state index contributed by atoms with van der Waals surface area (Å²) >= 11 is 0. The molecule has 0 spiro atoms. The molecule has 0 unspecified atom stereocenters. The molecule has 4 fully saturated rings. The maximum absolute atomic E-state index is 12.9. The fraction of sp³-hybridized carbons (Fsp3) is 0.773. The van der Waals surface area contributed by atoms with Gasteiger partial charge >= 0.3 is 11.7 Å². The number of fused-ring (bicyclic) bond motifs is 3. The van der Waals surface area contributed by atoms with Crippen molar-refractivity contribution in [2.45, 2.75) is 83.6 Å². The van der Waals surface area contributed by atoms with Crippen LogP contribution in [0.25, 0.3) is 0 Å². The van der Waals surface area contributed by atoms with Crippen molar-refractivity contribution < 1.29 is 19.0 Å². The Morgan fingerprint density at radius 3 is 2.67 bits per heavy atom. The molecule has 166 valence electrons. The molecule has 30 heavy (non-hydrogen) atoms. The SMILES string of the molecule is CCCCCC12CCC(C(=O)OC[C@H]3OC[C@@H](n4ccc(N)nc4=O)O3)(CC1)CC2. The highest BCUT2D eigenvalue weighted by atomic mass is 16.7. The molecule has 2 heterocycles. The van der Waals surface area contributed by atoms with Crippen molar-refractivity contribution in [1.29, 1.82) is 0 Å². The maximum atomic E-state index is 12.9. The van der Waals surface area contributed by atoms with Crippen LogP contribution in [-0.4, -0.2) is 35.0 Å². The lowest BCUT2D eigenvalue weighted by Gasteiger charge is -2.52. The van der Waals surface area contributed by atoms with Crippen LogP contribution in [0.3, 0.4) is 0 Å². The van der Waals surface area contributed by atoms with Gasteiger partial charge < -0.3 is 19.9 Å². The molecule has 1 aromatic rings. The van der Waals surface area contributed by atoms with Crippen molar-refractivity contribution in [2.24, 2.45) is 10.8 Å². The number of aromatic nitrogens is 2. The van der Waals surface area contributed by atoms with Crippen molar-refractivity contribution in [3.8, 4) is 0 Å². The third-order valence-corrected chi connectivity index (χ3v) is 7.39. The molecule has 8 heteroatoms. The van der Waals surface area contributed by atoms with E-state index in [1.54, 1.807) is 0 Å². The van der Waals surface area contributed by atoms with Gasteiger partial charge in [-0.1, -0.05) is 26.2 Å². The second-order valence-corrected chi connectivity index (χ2v) is 9.23. The standard InChI is InChI=1S/C22H33N3O5/c1-2-3-4-6-21-7-10-22(11-8-21,12-9-21)19(26)29-15-18-28-14-17(30-18)25-13-5-16(23)24-20(25)27/h5,13,17-18H,2-4,6-12,14-15H2,1H3,(H2,23,24,27)/t17-,18-,21?,22?/m0/s1. The smallest absolute Gasteiger partial charge is 0.351 e. The van der Waals surface area contributed by atoms with Crippen molar-refractivity contribution in [2.75, 3.05) is 18.9 Å². The van der Waals surface area contributed by atoms with E-state index in [0.717, 1.165) is 38.5 Å². The number of nitrogens with two attached hydrogens (primary N) is 1. The number of hydrogen-bond donors (Lipinski definition) is 1. The van der Waals surface area contributed by atoms with Gasteiger partial charge in [-0.2, -0.15) is 4.98 Å². The van der Waals surface area contributed by atoms with E-state index in [2.05, 4.69) is 11.9 Å². The number of rotatable bonds is 8. The van der Waals surface area contributed by atoms with Gasteiger partial charge in [-0.3, -0.25) is 9.36 Å². The Morgan fingerprint density at radius 1 is 1.27 bits per heavy atom. The first-order valence-corrected chi connectivity index (χ1v) is 11.2. The number of esters is 1. The van der Waals surface area contributed by atoms with Crippen LogP contribution in [0.1, 0.15) is 77.4 Å². The van der Waals surface area contributed by atoms with E-state index in [1.807, 2.05) is 0 Å². The molecule has 0 amide bonds. The quantitative estimate of drug-likeness (QED) is 0.509. The number of anilines is 1. The molecular weight excluding hydrogens is 386 g/mol. The molecule has 1 saturated heterocycles. The minimum absolute atomic E-state index is 0.0376. The fourth-order valence-corrected chi connectivity index (χ4v) is 5.31. The minimum atomic E-state index is -0.680. The zero-order valence-electron chi connectivity index (χ0n) is 17.8. The summed E-state index contributed by atoms with van der Waals surface area (Å²) in [4.78, 5) is 28.6. The van der Waals surface area contributed by atoms with Gasteiger partial charge in [0, 0.05) is 6.20 Å². The van der Waals surface area contributed by atoms with Crippen LogP contribution in [0, 0.1) is 10.8 Å². The van der Waals surface area contributed by atoms with Crippen LogP contribution in [0.4, 0.5) is 5.82 Å². The summed E-state index contributed by atoms with van der Waals surface area (Å²) in [5.41, 5.74) is 5.15. The Hall–Kier alpha value is -1.93. The Morgan fingerprint density at radius 2 is 2.00 bits per heavy atom. The molecule has 0 aromatic carbocycles. The summed E-state index contributed by atoms with van der Waals surface area (Å²) in [6.45, 7) is 2.47. The van der Waals surface area contributed by atoms with E-state index in [4.69, 9.17) is 19.9 Å². The topological polar surface area (TPSA) is 106 Å². The van der Waals surface area contributed by atoms with Crippen LogP contribution in [-0.2, 0) is 19.0 Å². The van der Waals surface area contributed by atoms with E-state index in [-0.39, 0.29) is 30.4 Å². The molecule has 2 atom stereocenters. The van der Waals surface area contributed by atoms with Crippen LogP contribution in [0.2, 0.25) is 0 Å². The summed E-state index contributed by atoms with van der Waals surface area (Å²) in [7, 11) is 0. The Kier molecular flexibility index (Phi) is 6.16. The minimum Gasteiger partial charge on any atom is -0.460 e. The van der Waals surface area contributed by atoms with Crippen molar-refractivity contribution in [3.63, 3.8) is 0 Å². The van der Waals surface area contributed by atoms with Gasteiger partial charge in [0.1, 0.15) is 12.4 Å². The molecule has 2 bridgehead atoms. The van der Waals surface area contributed by atoms with Crippen molar-refractivity contribution >= 4 is 11.8 Å². The lowest BCUT2D eigenvalue weighted by atomic mass is 9.52. The van der Waals surface area contributed by atoms with Crippen LogP contribution < -0.4 is 11.4 Å². The first-order valence-electron chi connectivity index (χ1n) is 11.2. The highest BCUT2D eigenvalue weighted by Gasteiger charge is 2.52. The fourth-order valence-electron chi connectivity index (χ4n) is 5.31. The van der Waals surface area contributed by atoms with Crippen molar-refractivity contribution in [3.05, 3.63) is 22.7 Å². The summed E-state index contributed by atoms with van der Waals surface area (Å²) in [5, 5.41) is 0. The molecule has 3 saturated carbocycles. The average Bonchev–Trinajstić information content (AvgIpc) is 3.22. The van der Waals surface area contributed by atoms with Gasteiger partial charge in [0.25, 0.3) is 0 Å². The van der Waals surface area contributed by atoms with Gasteiger partial charge in [0.15, 0.2) is 12.5 Å². The summed E-state index contributed by atoms with van der Waals surface area (Å²) < 4.78 is 18.3. The largest absolute Gasteiger partial charge is 0.460 e. The van der Waals surface area contributed by atoms with Gasteiger partial charge in [-0.05, 0) is 56.4 Å². The predicted molar refractivity (Wildman–Crippen MR) is 110 cm³/mol. The van der Waals surface area contributed by atoms with E-state index in [9.17, 15) is 9.59 Å². The van der Waals surface area contributed by atoms with Gasteiger partial charge in [0.2, 0.25) is 0 Å². The van der Waals surface area contributed by atoms with E-state index >= 15 is 0 Å².